The molecule has 2 aromatic heterocycles. The van der Waals surface area contributed by atoms with E-state index in [2.05, 4.69) is 11.2 Å². The Morgan fingerprint density at radius 2 is 2.00 bits per heavy atom. The Hall–Kier alpha value is -2.55. The van der Waals surface area contributed by atoms with Crippen molar-refractivity contribution in [2.24, 2.45) is 13.0 Å². The average molecular weight is 313 g/mol. The van der Waals surface area contributed by atoms with Crippen LogP contribution in [0.4, 0.5) is 0 Å². The van der Waals surface area contributed by atoms with Crippen LogP contribution in [0.1, 0.15) is 35.6 Å². The first-order chi connectivity index (χ1) is 10.9. The van der Waals surface area contributed by atoms with Crippen LogP contribution in [0.5, 0.6) is 0 Å². The third-order valence-electron chi connectivity index (χ3n) is 4.00. The summed E-state index contributed by atoms with van der Waals surface area (Å²) >= 11 is 0. The number of hydrogen-bond donors (Lipinski definition) is 0. The molecule has 0 aromatic carbocycles. The molecule has 0 N–H and O–H groups in total. The number of rotatable bonds is 5. The lowest BCUT2D eigenvalue weighted by atomic mass is 10.1. The highest BCUT2D eigenvalue weighted by molar-refractivity contribution is 5.97. The number of aryl methyl sites for hydroxylation is 3. The Morgan fingerprint density at radius 3 is 2.52 bits per heavy atom. The zero-order valence-electron chi connectivity index (χ0n) is 14.4. The van der Waals surface area contributed by atoms with E-state index in [0.29, 0.717) is 18.7 Å². The zero-order chi connectivity index (χ0) is 17.1. The van der Waals surface area contributed by atoms with Gasteiger partial charge in [0, 0.05) is 31.5 Å². The van der Waals surface area contributed by atoms with Gasteiger partial charge in [0.05, 0.1) is 18.2 Å². The fraction of sp³-hybridized carbons (Fsp3) is 0.471. The first kappa shape index (κ1) is 16.8. The molecule has 0 fully saturated rings. The van der Waals surface area contributed by atoms with Gasteiger partial charge in [-0.05, 0) is 39.8 Å². The van der Waals surface area contributed by atoms with Gasteiger partial charge in [-0.25, -0.2) is 0 Å². The fourth-order valence-electron chi connectivity index (χ4n) is 2.75. The van der Waals surface area contributed by atoms with Crippen LogP contribution < -0.4 is 0 Å². The van der Waals surface area contributed by atoms with Crippen LogP contribution in [-0.4, -0.2) is 38.2 Å². The molecular formula is C17H23N5O. The Labute approximate surface area is 136 Å². The molecule has 1 amide bonds. The van der Waals surface area contributed by atoms with Gasteiger partial charge in [-0.1, -0.05) is 0 Å². The minimum atomic E-state index is -0.200. The van der Waals surface area contributed by atoms with Crippen LogP contribution in [-0.2, 0) is 7.05 Å². The number of hydrogen-bond acceptors (Lipinski definition) is 3. The Morgan fingerprint density at radius 1 is 1.39 bits per heavy atom. The molecule has 0 unspecified atom stereocenters. The van der Waals surface area contributed by atoms with E-state index in [4.69, 9.17) is 5.26 Å². The molecule has 0 radical (unpaired) electrons. The highest BCUT2D eigenvalue weighted by Gasteiger charge is 2.24. The monoisotopic (exact) mass is 313 g/mol. The average Bonchev–Trinajstić information content (AvgIpc) is 3.06. The number of aromatic nitrogens is 3. The molecule has 122 valence electrons. The molecule has 2 rings (SSSR count). The fourth-order valence-corrected chi connectivity index (χ4v) is 2.75. The van der Waals surface area contributed by atoms with E-state index < -0.39 is 0 Å². The lowest BCUT2D eigenvalue weighted by molar-refractivity contribution is 0.0752. The molecule has 1 atom stereocenters. The molecule has 0 aliphatic heterocycles. The van der Waals surface area contributed by atoms with Crippen molar-refractivity contribution in [2.45, 2.75) is 27.7 Å². The highest BCUT2D eigenvalue weighted by Crippen LogP contribution is 2.21. The van der Waals surface area contributed by atoms with E-state index >= 15 is 0 Å². The predicted octanol–water partition coefficient (Wildman–Crippen LogP) is 2.45. The van der Waals surface area contributed by atoms with E-state index in [9.17, 15) is 4.79 Å². The van der Waals surface area contributed by atoms with Crippen LogP contribution in [0.25, 0.3) is 5.82 Å². The van der Waals surface area contributed by atoms with Crippen molar-refractivity contribution in [1.82, 2.24) is 19.2 Å². The van der Waals surface area contributed by atoms with Crippen LogP contribution >= 0.6 is 0 Å². The number of nitriles is 1. The van der Waals surface area contributed by atoms with Gasteiger partial charge < -0.3 is 9.47 Å². The van der Waals surface area contributed by atoms with Gasteiger partial charge in [-0.15, -0.1) is 0 Å². The molecule has 0 bridgehead atoms. The second-order valence-corrected chi connectivity index (χ2v) is 5.83. The van der Waals surface area contributed by atoms with Crippen molar-refractivity contribution in [1.29, 1.82) is 5.26 Å². The van der Waals surface area contributed by atoms with Crippen molar-refractivity contribution >= 4 is 5.91 Å². The molecule has 23 heavy (non-hydrogen) atoms. The standard InChI is InChI=1S/C17H23N5O/c1-6-21(11-12(2)9-18)17(23)15-10-19-20(5)16(15)22-13(3)7-8-14(22)4/h7-8,10,12H,6,11H2,1-5H3/t12-/m1/s1. The summed E-state index contributed by atoms with van der Waals surface area (Å²) in [6.07, 6.45) is 1.61. The molecule has 0 spiro atoms. The van der Waals surface area contributed by atoms with Crippen molar-refractivity contribution in [3.63, 3.8) is 0 Å². The van der Waals surface area contributed by atoms with Crippen molar-refractivity contribution in [3.8, 4) is 11.9 Å². The van der Waals surface area contributed by atoms with Crippen LogP contribution in [0.2, 0.25) is 0 Å². The van der Waals surface area contributed by atoms with Gasteiger partial charge in [0.1, 0.15) is 11.4 Å². The molecule has 0 saturated carbocycles. The lowest BCUT2D eigenvalue weighted by Crippen LogP contribution is -2.34. The number of carbonyl (C=O) groups excluding carboxylic acids is 1. The molecule has 0 aliphatic rings. The van der Waals surface area contributed by atoms with E-state index in [0.717, 1.165) is 17.2 Å². The SMILES string of the molecule is CCN(C[C@H](C)C#N)C(=O)c1cnn(C)c1-n1c(C)ccc1C. The minimum absolute atomic E-state index is 0.0924. The maximum atomic E-state index is 12.9. The van der Waals surface area contributed by atoms with Gasteiger partial charge in [0.2, 0.25) is 0 Å². The van der Waals surface area contributed by atoms with E-state index in [1.807, 2.05) is 51.4 Å². The molecule has 6 nitrogen and oxygen atoms in total. The molecule has 0 saturated heterocycles. The smallest absolute Gasteiger partial charge is 0.259 e. The molecule has 2 heterocycles. The molecular weight excluding hydrogens is 290 g/mol. The number of amides is 1. The van der Waals surface area contributed by atoms with Gasteiger partial charge in [-0.2, -0.15) is 10.4 Å². The second kappa shape index (κ2) is 6.69. The summed E-state index contributed by atoms with van der Waals surface area (Å²) < 4.78 is 3.75. The van der Waals surface area contributed by atoms with E-state index in [1.54, 1.807) is 15.8 Å². The maximum absolute atomic E-state index is 12.9. The van der Waals surface area contributed by atoms with Gasteiger partial charge in [-0.3, -0.25) is 9.48 Å². The maximum Gasteiger partial charge on any atom is 0.259 e. The largest absolute Gasteiger partial charge is 0.337 e. The van der Waals surface area contributed by atoms with Gasteiger partial charge in [0.25, 0.3) is 5.91 Å². The summed E-state index contributed by atoms with van der Waals surface area (Å²) in [6.45, 7) is 8.73. The third-order valence-corrected chi connectivity index (χ3v) is 4.00. The van der Waals surface area contributed by atoms with Gasteiger partial charge >= 0.3 is 0 Å². The summed E-state index contributed by atoms with van der Waals surface area (Å²) in [5, 5.41) is 13.3. The number of carbonyl (C=O) groups is 1. The van der Waals surface area contributed by atoms with E-state index in [1.165, 1.54) is 0 Å². The molecule has 6 heteroatoms. The summed E-state index contributed by atoms with van der Waals surface area (Å²) in [6, 6.07) is 6.22. The van der Waals surface area contributed by atoms with Crippen LogP contribution in [0.15, 0.2) is 18.3 Å². The normalized spacial score (nSPS) is 12.0. The van der Waals surface area contributed by atoms with E-state index in [-0.39, 0.29) is 11.8 Å². The number of nitrogens with zero attached hydrogens (tertiary/aromatic N) is 5. The lowest BCUT2D eigenvalue weighted by Gasteiger charge is -2.22. The van der Waals surface area contributed by atoms with Gasteiger partial charge in [0.15, 0.2) is 0 Å². The third kappa shape index (κ3) is 3.14. The topological polar surface area (TPSA) is 66.8 Å². The summed E-state index contributed by atoms with van der Waals surface area (Å²) in [5.74, 6) is 0.470. The molecule has 2 aromatic rings. The van der Waals surface area contributed by atoms with Crippen molar-refractivity contribution in [3.05, 3.63) is 35.3 Å². The minimum Gasteiger partial charge on any atom is -0.337 e. The molecule has 0 aliphatic carbocycles. The highest BCUT2D eigenvalue weighted by atomic mass is 16.2. The predicted molar refractivity (Wildman–Crippen MR) is 88.4 cm³/mol. The zero-order valence-corrected chi connectivity index (χ0v) is 14.4. The van der Waals surface area contributed by atoms with Crippen LogP contribution in [0, 0.1) is 31.1 Å². The first-order valence-corrected chi connectivity index (χ1v) is 7.76. The van der Waals surface area contributed by atoms with Crippen molar-refractivity contribution in [2.75, 3.05) is 13.1 Å². The summed E-state index contributed by atoms with van der Waals surface area (Å²) in [5.41, 5.74) is 2.66. The first-order valence-electron chi connectivity index (χ1n) is 7.76. The Bertz CT molecular complexity index is 730. The van der Waals surface area contributed by atoms with Crippen molar-refractivity contribution < 1.29 is 4.79 Å². The summed E-state index contributed by atoms with van der Waals surface area (Å²) in [4.78, 5) is 14.6. The second-order valence-electron chi connectivity index (χ2n) is 5.83. The summed E-state index contributed by atoms with van der Waals surface area (Å²) in [7, 11) is 1.83. The Balaban J connectivity index is 2.45. The Kier molecular flexibility index (Phi) is 4.89. The quantitative estimate of drug-likeness (QED) is 0.851. The van der Waals surface area contributed by atoms with Crippen LogP contribution in [0.3, 0.4) is 0 Å².